The van der Waals surface area contributed by atoms with E-state index in [0.29, 0.717) is 10.4 Å². The molecule has 1 amide bonds. The van der Waals surface area contributed by atoms with E-state index >= 15 is 0 Å². The first-order valence-electron chi connectivity index (χ1n) is 7.29. The number of hydrogen-bond acceptors (Lipinski definition) is 5. The summed E-state index contributed by atoms with van der Waals surface area (Å²) >= 11 is 0. The van der Waals surface area contributed by atoms with Crippen LogP contribution in [0, 0.1) is 11.6 Å². The first-order chi connectivity index (χ1) is 11.4. The smallest absolute Gasteiger partial charge is 0.243 e. The molecule has 11 heteroatoms. The van der Waals surface area contributed by atoms with Crippen LogP contribution >= 0.6 is 0 Å². The van der Waals surface area contributed by atoms with Crippen molar-refractivity contribution in [1.82, 2.24) is 4.90 Å². The summed E-state index contributed by atoms with van der Waals surface area (Å²) in [5.74, 6) is -3.24. The summed E-state index contributed by atoms with van der Waals surface area (Å²) in [6.45, 7) is -0.642. The molecule has 0 aromatic heterocycles. The summed E-state index contributed by atoms with van der Waals surface area (Å²) in [5, 5.41) is 0. The van der Waals surface area contributed by atoms with Crippen LogP contribution in [0.25, 0.3) is 0 Å². The maximum absolute atomic E-state index is 13.4. The van der Waals surface area contributed by atoms with E-state index in [4.69, 9.17) is 0 Å². The normalized spacial score (nSPS) is 19.6. The van der Waals surface area contributed by atoms with Crippen molar-refractivity contribution in [2.24, 2.45) is 0 Å². The molecule has 1 heterocycles. The third-order valence-electron chi connectivity index (χ3n) is 4.02. The zero-order valence-corrected chi connectivity index (χ0v) is 15.3. The fourth-order valence-electron chi connectivity index (χ4n) is 2.56. The lowest BCUT2D eigenvalue weighted by Gasteiger charge is -2.28. The van der Waals surface area contributed by atoms with Crippen LogP contribution in [0.1, 0.15) is 6.42 Å². The van der Waals surface area contributed by atoms with Gasteiger partial charge in [-0.1, -0.05) is 0 Å². The molecule has 1 atom stereocenters. The lowest BCUT2D eigenvalue weighted by molar-refractivity contribution is -0.129. The van der Waals surface area contributed by atoms with Crippen molar-refractivity contribution in [3.63, 3.8) is 0 Å². The standard InChI is InChI=1S/C14H18F2N2O5S2/c1-17(11-5-6-25(22,23)9-11)14(19)8-18(24(2,20)21)10-3-4-12(15)13(16)7-10/h3-4,7,11H,5-6,8-9H2,1-2H3. The third kappa shape index (κ3) is 4.66. The van der Waals surface area contributed by atoms with E-state index < -0.39 is 50.0 Å². The van der Waals surface area contributed by atoms with Gasteiger partial charge in [0, 0.05) is 19.2 Å². The summed E-state index contributed by atoms with van der Waals surface area (Å²) < 4.78 is 74.0. The Morgan fingerprint density at radius 1 is 1.28 bits per heavy atom. The van der Waals surface area contributed by atoms with Crippen molar-refractivity contribution < 1.29 is 30.4 Å². The molecule has 1 fully saturated rings. The molecule has 140 valence electrons. The van der Waals surface area contributed by atoms with Crippen molar-refractivity contribution in [3.8, 4) is 0 Å². The van der Waals surface area contributed by atoms with Gasteiger partial charge < -0.3 is 4.90 Å². The SMILES string of the molecule is CN(C(=O)CN(c1ccc(F)c(F)c1)S(C)(=O)=O)C1CCS(=O)(=O)C1. The zero-order valence-electron chi connectivity index (χ0n) is 13.6. The highest BCUT2D eigenvalue weighted by Crippen LogP contribution is 2.22. The Morgan fingerprint density at radius 2 is 1.92 bits per heavy atom. The summed E-state index contributed by atoms with van der Waals surface area (Å²) in [6.07, 6.45) is 1.11. The summed E-state index contributed by atoms with van der Waals surface area (Å²) in [7, 11) is -5.77. The number of rotatable bonds is 5. The number of hydrogen-bond donors (Lipinski definition) is 0. The minimum absolute atomic E-state index is 0.0335. The molecule has 2 rings (SSSR count). The van der Waals surface area contributed by atoms with Gasteiger partial charge in [0.05, 0.1) is 23.4 Å². The number of sulfone groups is 1. The maximum atomic E-state index is 13.4. The second-order valence-corrected chi connectivity index (χ2v) is 10.1. The van der Waals surface area contributed by atoms with E-state index in [1.807, 2.05) is 0 Å². The number of benzene rings is 1. The average Bonchev–Trinajstić information content (AvgIpc) is 2.85. The highest BCUT2D eigenvalue weighted by Gasteiger charge is 2.34. The van der Waals surface area contributed by atoms with E-state index in [1.54, 1.807) is 0 Å². The highest BCUT2D eigenvalue weighted by atomic mass is 32.2. The Hall–Kier alpha value is -1.75. The van der Waals surface area contributed by atoms with Crippen LogP contribution in [-0.4, -0.2) is 65.0 Å². The van der Waals surface area contributed by atoms with Gasteiger partial charge in [-0.05, 0) is 18.6 Å². The van der Waals surface area contributed by atoms with Crippen molar-refractivity contribution in [3.05, 3.63) is 29.8 Å². The molecule has 0 spiro atoms. The van der Waals surface area contributed by atoms with Crippen LogP contribution in [0.4, 0.5) is 14.5 Å². The van der Waals surface area contributed by atoms with Crippen LogP contribution in [0.5, 0.6) is 0 Å². The van der Waals surface area contributed by atoms with Gasteiger partial charge in [0.2, 0.25) is 15.9 Å². The molecule has 1 aromatic carbocycles. The van der Waals surface area contributed by atoms with Gasteiger partial charge in [0.1, 0.15) is 6.54 Å². The number of amides is 1. The molecule has 1 aliphatic heterocycles. The fourth-order valence-corrected chi connectivity index (χ4v) is 5.17. The van der Waals surface area contributed by atoms with Crippen LogP contribution in [-0.2, 0) is 24.7 Å². The third-order valence-corrected chi connectivity index (χ3v) is 6.91. The molecule has 0 radical (unpaired) electrons. The lowest BCUT2D eigenvalue weighted by Crippen LogP contribution is -2.45. The minimum atomic E-state index is -3.94. The Morgan fingerprint density at radius 3 is 2.40 bits per heavy atom. The molecular formula is C14H18F2N2O5S2. The number of carbonyl (C=O) groups is 1. The topological polar surface area (TPSA) is 91.8 Å². The zero-order chi connectivity index (χ0) is 19.0. The van der Waals surface area contributed by atoms with E-state index in [0.717, 1.165) is 18.4 Å². The first-order valence-corrected chi connectivity index (χ1v) is 11.0. The van der Waals surface area contributed by atoms with Crippen molar-refractivity contribution in [2.45, 2.75) is 12.5 Å². The van der Waals surface area contributed by atoms with Crippen molar-refractivity contribution in [2.75, 3.05) is 35.7 Å². The van der Waals surface area contributed by atoms with E-state index in [9.17, 15) is 30.4 Å². The largest absolute Gasteiger partial charge is 0.340 e. The van der Waals surface area contributed by atoms with Crippen LogP contribution < -0.4 is 4.31 Å². The summed E-state index contributed by atoms with van der Waals surface area (Å²) in [4.78, 5) is 13.6. The lowest BCUT2D eigenvalue weighted by atomic mass is 10.2. The molecule has 1 unspecified atom stereocenters. The molecule has 0 N–H and O–H groups in total. The molecule has 7 nitrogen and oxygen atoms in total. The average molecular weight is 396 g/mol. The van der Waals surface area contributed by atoms with Gasteiger partial charge in [-0.15, -0.1) is 0 Å². The Balaban J connectivity index is 2.22. The molecule has 0 aliphatic carbocycles. The fraction of sp³-hybridized carbons (Fsp3) is 0.500. The van der Waals surface area contributed by atoms with Crippen LogP contribution in [0.2, 0.25) is 0 Å². The predicted octanol–water partition coefficient (Wildman–Crippen LogP) is 0.376. The second kappa shape index (κ2) is 6.87. The molecule has 0 saturated carbocycles. The number of carbonyl (C=O) groups excluding carboxylic acids is 1. The van der Waals surface area contributed by atoms with Gasteiger partial charge in [-0.3, -0.25) is 9.10 Å². The van der Waals surface area contributed by atoms with Gasteiger partial charge in [-0.2, -0.15) is 0 Å². The van der Waals surface area contributed by atoms with E-state index in [-0.39, 0.29) is 23.6 Å². The van der Waals surface area contributed by atoms with Gasteiger partial charge in [-0.25, -0.2) is 25.6 Å². The highest BCUT2D eigenvalue weighted by molar-refractivity contribution is 7.92. The molecular weight excluding hydrogens is 378 g/mol. The number of anilines is 1. The molecule has 1 aromatic rings. The number of likely N-dealkylation sites (N-methyl/N-ethyl adjacent to an activating group) is 1. The quantitative estimate of drug-likeness (QED) is 0.717. The number of sulfonamides is 1. The monoisotopic (exact) mass is 396 g/mol. The van der Waals surface area contributed by atoms with Crippen molar-refractivity contribution in [1.29, 1.82) is 0 Å². The van der Waals surface area contributed by atoms with Crippen LogP contribution in [0.15, 0.2) is 18.2 Å². The minimum Gasteiger partial charge on any atom is -0.340 e. The Labute approximate surface area is 145 Å². The van der Waals surface area contributed by atoms with E-state index in [2.05, 4.69) is 0 Å². The molecule has 0 bridgehead atoms. The summed E-state index contributed by atoms with van der Waals surface area (Å²) in [5.41, 5.74) is -0.192. The van der Waals surface area contributed by atoms with Crippen LogP contribution in [0.3, 0.4) is 0 Å². The number of halogens is 2. The predicted molar refractivity (Wildman–Crippen MR) is 88.4 cm³/mol. The second-order valence-electron chi connectivity index (χ2n) is 5.93. The van der Waals surface area contributed by atoms with Gasteiger partial charge >= 0.3 is 0 Å². The molecule has 1 saturated heterocycles. The number of nitrogens with zero attached hydrogens (tertiary/aromatic N) is 2. The first kappa shape index (κ1) is 19.6. The molecule has 25 heavy (non-hydrogen) atoms. The van der Waals surface area contributed by atoms with Gasteiger partial charge in [0.15, 0.2) is 21.5 Å². The van der Waals surface area contributed by atoms with Gasteiger partial charge in [0.25, 0.3) is 0 Å². The van der Waals surface area contributed by atoms with Crippen molar-refractivity contribution >= 4 is 31.5 Å². The van der Waals surface area contributed by atoms with E-state index in [1.165, 1.54) is 11.9 Å². The Kier molecular flexibility index (Phi) is 5.38. The summed E-state index contributed by atoms with van der Waals surface area (Å²) in [6, 6.07) is 1.96. The Bertz CT molecular complexity index is 886. The maximum Gasteiger partial charge on any atom is 0.243 e. The molecule has 1 aliphatic rings.